The molecule has 0 fully saturated rings. The van der Waals surface area contributed by atoms with Crippen molar-refractivity contribution in [3.63, 3.8) is 0 Å². The van der Waals surface area contributed by atoms with Crippen LogP contribution in [0.15, 0.2) is 18.3 Å². The molecule has 0 radical (unpaired) electrons. The van der Waals surface area contributed by atoms with Gasteiger partial charge in [-0.15, -0.1) is 0 Å². The molecule has 0 aromatic carbocycles. The highest BCUT2D eigenvalue weighted by Gasteiger charge is 2.37. The minimum absolute atomic E-state index is 0.219. The van der Waals surface area contributed by atoms with Crippen molar-refractivity contribution in [1.82, 2.24) is 4.98 Å². The molecule has 0 aliphatic carbocycles. The van der Waals surface area contributed by atoms with Gasteiger partial charge >= 0.3 is 6.18 Å². The maximum absolute atomic E-state index is 12.6. The highest BCUT2D eigenvalue weighted by Crippen LogP contribution is 2.32. The van der Waals surface area contributed by atoms with Crippen molar-refractivity contribution in [1.29, 1.82) is 10.5 Å². The first kappa shape index (κ1) is 14.9. The van der Waals surface area contributed by atoms with E-state index in [1.54, 1.807) is 12.1 Å². The van der Waals surface area contributed by atoms with Crippen molar-refractivity contribution in [2.45, 2.75) is 25.4 Å². The van der Waals surface area contributed by atoms with Gasteiger partial charge in [0.2, 0.25) is 5.95 Å². The minimum Gasteiger partial charge on any atom is -0.228 e. The monoisotopic (exact) mass is 271 g/mol. The van der Waals surface area contributed by atoms with E-state index in [1.165, 1.54) is 6.07 Å². The van der Waals surface area contributed by atoms with Gasteiger partial charge in [0.1, 0.15) is 5.41 Å². The number of hydrogen-bond donors (Lipinski definition) is 0. The molecular formula is C12H9F4N3. The van der Waals surface area contributed by atoms with Crippen molar-refractivity contribution in [3.05, 3.63) is 29.8 Å². The second-order valence-corrected chi connectivity index (χ2v) is 4.09. The largest absolute Gasteiger partial charge is 0.389 e. The number of nitrogens with zero attached hydrogens (tertiary/aromatic N) is 3. The number of nitriles is 2. The van der Waals surface area contributed by atoms with Crippen LogP contribution in [0.4, 0.5) is 17.6 Å². The molecule has 0 aliphatic rings. The summed E-state index contributed by atoms with van der Waals surface area (Å²) in [6.45, 7) is 0. The zero-order valence-electron chi connectivity index (χ0n) is 9.71. The number of halogens is 4. The molecular weight excluding hydrogens is 262 g/mol. The Hall–Kier alpha value is -2.15. The molecule has 19 heavy (non-hydrogen) atoms. The van der Waals surface area contributed by atoms with Crippen molar-refractivity contribution < 1.29 is 17.6 Å². The van der Waals surface area contributed by atoms with Crippen LogP contribution < -0.4 is 0 Å². The Morgan fingerprint density at radius 2 is 1.74 bits per heavy atom. The molecule has 0 amide bonds. The second-order valence-electron chi connectivity index (χ2n) is 4.09. The lowest BCUT2D eigenvalue weighted by Gasteiger charge is -2.19. The van der Waals surface area contributed by atoms with Crippen LogP contribution in [-0.2, 0) is 6.42 Å². The number of alkyl halides is 3. The summed E-state index contributed by atoms with van der Waals surface area (Å²) in [5, 5.41) is 17.9. The average molecular weight is 271 g/mol. The first-order valence-electron chi connectivity index (χ1n) is 5.30. The highest BCUT2D eigenvalue weighted by molar-refractivity contribution is 5.22. The predicted molar refractivity (Wildman–Crippen MR) is 56.8 cm³/mol. The van der Waals surface area contributed by atoms with E-state index < -0.39 is 30.4 Å². The molecule has 0 N–H and O–H groups in total. The lowest BCUT2D eigenvalue weighted by molar-refractivity contribution is -0.138. The van der Waals surface area contributed by atoms with E-state index >= 15 is 0 Å². The summed E-state index contributed by atoms with van der Waals surface area (Å²) in [5.41, 5.74) is -1.44. The molecule has 1 heterocycles. The number of pyridine rings is 1. The van der Waals surface area contributed by atoms with E-state index in [2.05, 4.69) is 4.98 Å². The van der Waals surface area contributed by atoms with Gasteiger partial charge in [-0.05, 0) is 18.1 Å². The molecule has 1 aromatic rings. The molecule has 3 nitrogen and oxygen atoms in total. The smallest absolute Gasteiger partial charge is 0.228 e. The van der Waals surface area contributed by atoms with Crippen LogP contribution >= 0.6 is 0 Å². The van der Waals surface area contributed by atoms with Gasteiger partial charge in [-0.1, -0.05) is 6.07 Å². The van der Waals surface area contributed by atoms with Gasteiger partial charge in [0, 0.05) is 19.0 Å². The van der Waals surface area contributed by atoms with Crippen LogP contribution in [0, 0.1) is 34.0 Å². The first-order valence-corrected chi connectivity index (χ1v) is 5.30. The van der Waals surface area contributed by atoms with Crippen LogP contribution in [0.5, 0.6) is 0 Å². The Bertz CT molecular complexity index is 494. The SMILES string of the molecule is N#CC(C#N)(CCC(F)(F)F)Cc1ccc(F)nc1. The predicted octanol–water partition coefficient (Wildman–Crippen LogP) is 3.14. The van der Waals surface area contributed by atoms with E-state index in [0.717, 1.165) is 12.3 Å². The van der Waals surface area contributed by atoms with E-state index in [1.807, 2.05) is 0 Å². The normalized spacial score (nSPS) is 11.7. The summed E-state index contributed by atoms with van der Waals surface area (Å²) in [4.78, 5) is 3.33. The molecule has 0 saturated heterocycles. The molecule has 0 bridgehead atoms. The third-order valence-electron chi connectivity index (χ3n) is 2.56. The van der Waals surface area contributed by atoms with E-state index in [-0.39, 0.29) is 6.42 Å². The lowest BCUT2D eigenvalue weighted by Crippen LogP contribution is -2.23. The summed E-state index contributed by atoms with van der Waals surface area (Å²) in [6.07, 6.45) is -5.39. The van der Waals surface area contributed by atoms with Gasteiger partial charge in [-0.3, -0.25) is 0 Å². The lowest BCUT2D eigenvalue weighted by atomic mass is 9.80. The van der Waals surface area contributed by atoms with Crippen molar-refractivity contribution in [2.24, 2.45) is 5.41 Å². The third kappa shape index (κ3) is 4.55. The van der Waals surface area contributed by atoms with E-state index in [9.17, 15) is 17.6 Å². The molecule has 7 heteroatoms. The number of aromatic nitrogens is 1. The first-order chi connectivity index (χ1) is 8.80. The highest BCUT2D eigenvalue weighted by atomic mass is 19.4. The number of hydrogen-bond acceptors (Lipinski definition) is 3. The molecule has 1 rings (SSSR count). The fourth-order valence-electron chi connectivity index (χ4n) is 1.52. The second kappa shape index (κ2) is 5.66. The van der Waals surface area contributed by atoms with Gasteiger partial charge in [0.25, 0.3) is 0 Å². The Morgan fingerprint density at radius 1 is 1.11 bits per heavy atom. The molecule has 0 atom stereocenters. The maximum atomic E-state index is 12.6. The molecule has 0 aliphatic heterocycles. The van der Waals surface area contributed by atoms with Gasteiger partial charge in [0.05, 0.1) is 12.1 Å². The van der Waals surface area contributed by atoms with Crippen molar-refractivity contribution >= 4 is 0 Å². The van der Waals surface area contributed by atoms with E-state index in [4.69, 9.17) is 10.5 Å². The quantitative estimate of drug-likeness (QED) is 0.624. The molecule has 1 aromatic heterocycles. The van der Waals surface area contributed by atoms with Gasteiger partial charge in [0.15, 0.2) is 0 Å². The summed E-state index contributed by atoms with van der Waals surface area (Å²) in [6, 6.07) is 5.55. The maximum Gasteiger partial charge on any atom is 0.389 e. The van der Waals surface area contributed by atoms with Gasteiger partial charge in [-0.25, -0.2) is 4.98 Å². The zero-order valence-corrected chi connectivity index (χ0v) is 9.71. The molecule has 0 unspecified atom stereocenters. The average Bonchev–Trinajstić information content (AvgIpc) is 2.36. The zero-order chi connectivity index (χ0) is 14.5. The van der Waals surface area contributed by atoms with Gasteiger partial charge in [-0.2, -0.15) is 28.1 Å². The fourth-order valence-corrected chi connectivity index (χ4v) is 1.52. The summed E-state index contributed by atoms with van der Waals surface area (Å²) < 4.78 is 49.1. The Labute approximate surface area is 107 Å². The summed E-state index contributed by atoms with van der Waals surface area (Å²) >= 11 is 0. The Kier molecular flexibility index (Phi) is 4.44. The minimum atomic E-state index is -4.43. The molecule has 0 saturated carbocycles. The Balaban J connectivity index is 2.86. The van der Waals surface area contributed by atoms with Crippen LogP contribution in [0.25, 0.3) is 0 Å². The van der Waals surface area contributed by atoms with Crippen LogP contribution in [-0.4, -0.2) is 11.2 Å². The van der Waals surface area contributed by atoms with Crippen LogP contribution in [0.3, 0.4) is 0 Å². The summed E-state index contributed by atoms with van der Waals surface area (Å²) in [5.74, 6) is -0.737. The van der Waals surface area contributed by atoms with E-state index in [0.29, 0.717) is 5.56 Å². The van der Waals surface area contributed by atoms with Crippen molar-refractivity contribution in [2.75, 3.05) is 0 Å². The fraction of sp³-hybridized carbons (Fsp3) is 0.417. The molecule has 100 valence electrons. The molecule has 0 spiro atoms. The van der Waals surface area contributed by atoms with Gasteiger partial charge < -0.3 is 0 Å². The Morgan fingerprint density at radius 3 is 2.16 bits per heavy atom. The topological polar surface area (TPSA) is 60.5 Å². The third-order valence-corrected chi connectivity index (χ3v) is 2.56. The summed E-state index contributed by atoms with van der Waals surface area (Å²) in [7, 11) is 0. The van der Waals surface area contributed by atoms with Crippen LogP contribution in [0.1, 0.15) is 18.4 Å². The van der Waals surface area contributed by atoms with Crippen LogP contribution in [0.2, 0.25) is 0 Å². The standard InChI is InChI=1S/C12H9F4N3/c13-10-2-1-9(6-19-10)5-11(7-17,8-18)3-4-12(14,15)16/h1-2,6H,3-5H2. The number of rotatable bonds is 4. The van der Waals surface area contributed by atoms with Crippen molar-refractivity contribution in [3.8, 4) is 12.1 Å².